The quantitative estimate of drug-likeness (QED) is 0.863. The van der Waals surface area contributed by atoms with Crippen LogP contribution in [0.4, 0.5) is 0 Å². The van der Waals surface area contributed by atoms with Crippen molar-refractivity contribution in [3.8, 4) is 0 Å². The molecule has 1 fully saturated rings. The van der Waals surface area contributed by atoms with Crippen LogP contribution in [0.25, 0.3) is 10.1 Å². The third-order valence-electron chi connectivity index (χ3n) is 4.83. The summed E-state index contributed by atoms with van der Waals surface area (Å²) in [6.07, 6.45) is 4.93. The Morgan fingerprint density at radius 1 is 1.33 bits per heavy atom. The van der Waals surface area contributed by atoms with Crippen molar-refractivity contribution in [1.29, 1.82) is 0 Å². The van der Waals surface area contributed by atoms with Crippen LogP contribution in [0.2, 0.25) is 0 Å². The molecule has 1 aromatic heterocycles. The van der Waals surface area contributed by atoms with E-state index in [0.29, 0.717) is 17.9 Å². The Hall–Kier alpha value is -1.35. The molecule has 1 aliphatic rings. The van der Waals surface area contributed by atoms with E-state index in [0.717, 1.165) is 16.7 Å². The van der Waals surface area contributed by atoms with Gasteiger partial charge in [-0.25, -0.2) is 0 Å². The minimum Gasteiger partial charge on any atom is -0.348 e. The van der Waals surface area contributed by atoms with Crippen LogP contribution in [0.1, 0.15) is 49.2 Å². The van der Waals surface area contributed by atoms with Gasteiger partial charge in [0.05, 0.1) is 4.88 Å². The Labute approximate surface area is 130 Å². The molecule has 0 saturated heterocycles. The Bertz CT molecular complexity index is 600. The number of carbonyl (C=O) groups is 1. The zero-order valence-electron chi connectivity index (χ0n) is 12.8. The third kappa shape index (κ3) is 2.98. The van der Waals surface area contributed by atoms with Crippen LogP contribution in [-0.4, -0.2) is 11.9 Å². The fourth-order valence-corrected chi connectivity index (χ4v) is 4.53. The van der Waals surface area contributed by atoms with Gasteiger partial charge in [-0.05, 0) is 42.2 Å². The van der Waals surface area contributed by atoms with Gasteiger partial charge in [0.2, 0.25) is 0 Å². The molecule has 1 heterocycles. The summed E-state index contributed by atoms with van der Waals surface area (Å²) < 4.78 is 1.19. The second-order valence-electron chi connectivity index (χ2n) is 6.22. The van der Waals surface area contributed by atoms with Crippen LogP contribution >= 0.6 is 11.3 Å². The van der Waals surface area contributed by atoms with Gasteiger partial charge in [-0.3, -0.25) is 4.79 Å². The van der Waals surface area contributed by atoms with Gasteiger partial charge < -0.3 is 5.32 Å². The van der Waals surface area contributed by atoms with Crippen molar-refractivity contribution in [2.24, 2.45) is 11.8 Å². The van der Waals surface area contributed by atoms with Crippen molar-refractivity contribution >= 4 is 27.3 Å². The predicted molar refractivity (Wildman–Crippen MR) is 89.9 cm³/mol. The van der Waals surface area contributed by atoms with E-state index in [4.69, 9.17) is 0 Å². The number of fused-ring (bicyclic) bond motifs is 1. The lowest BCUT2D eigenvalue weighted by Crippen LogP contribution is -2.46. The van der Waals surface area contributed by atoms with Gasteiger partial charge in [0.25, 0.3) is 5.91 Å². The van der Waals surface area contributed by atoms with Gasteiger partial charge in [-0.15, -0.1) is 11.3 Å². The first kappa shape index (κ1) is 14.6. The minimum atomic E-state index is 0.105. The molecule has 2 aromatic rings. The van der Waals surface area contributed by atoms with Crippen molar-refractivity contribution < 1.29 is 4.79 Å². The molecule has 3 atom stereocenters. The van der Waals surface area contributed by atoms with Gasteiger partial charge in [-0.2, -0.15) is 0 Å². The number of benzene rings is 1. The molecular formula is C18H23NOS. The van der Waals surface area contributed by atoms with E-state index >= 15 is 0 Å². The van der Waals surface area contributed by atoms with Crippen LogP contribution in [0.3, 0.4) is 0 Å². The number of nitrogens with one attached hydrogen (secondary N) is 1. The second kappa shape index (κ2) is 6.18. The van der Waals surface area contributed by atoms with Crippen molar-refractivity contribution in [3.05, 3.63) is 35.2 Å². The van der Waals surface area contributed by atoms with Crippen LogP contribution in [-0.2, 0) is 0 Å². The summed E-state index contributed by atoms with van der Waals surface area (Å²) in [5.41, 5.74) is 0. The normalized spacial score (nSPS) is 25.9. The molecule has 0 radical (unpaired) electrons. The van der Waals surface area contributed by atoms with Crippen molar-refractivity contribution in [2.75, 3.05) is 0 Å². The maximum absolute atomic E-state index is 12.6. The number of thiophene rings is 1. The summed E-state index contributed by atoms with van der Waals surface area (Å²) in [5, 5.41) is 4.48. The lowest BCUT2D eigenvalue weighted by atomic mass is 9.76. The molecule has 2 nitrogen and oxygen atoms in total. The first-order chi connectivity index (χ1) is 10.2. The van der Waals surface area contributed by atoms with Crippen molar-refractivity contribution in [3.63, 3.8) is 0 Å². The maximum atomic E-state index is 12.6. The molecule has 0 spiro atoms. The number of hydrogen-bond donors (Lipinski definition) is 1. The molecule has 3 rings (SSSR count). The molecule has 1 aromatic carbocycles. The smallest absolute Gasteiger partial charge is 0.261 e. The van der Waals surface area contributed by atoms with Crippen LogP contribution in [0.15, 0.2) is 30.3 Å². The molecule has 1 N–H and O–H groups in total. The largest absolute Gasteiger partial charge is 0.348 e. The Balaban J connectivity index is 1.78. The highest BCUT2D eigenvalue weighted by atomic mass is 32.1. The summed E-state index contributed by atoms with van der Waals surface area (Å²) in [6.45, 7) is 4.51. The van der Waals surface area contributed by atoms with E-state index in [1.807, 2.05) is 18.2 Å². The summed E-state index contributed by atoms with van der Waals surface area (Å²) in [6, 6.07) is 10.5. The summed E-state index contributed by atoms with van der Waals surface area (Å²) in [7, 11) is 0. The molecule has 1 aliphatic carbocycles. The van der Waals surface area contributed by atoms with Crippen molar-refractivity contribution in [1.82, 2.24) is 5.32 Å². The molecule has 0 aliphatic heterocycles. The topological polar surface area (TPSA) is 29.1 Å². The van der Waals surface area contributed by atoms with E-state index in [-0.39, 0.29) is 5.91 Å². The van der Waals surface area contributed by atoms with E-state index < -0.39 is 0 Å². The summed E-state index contributed by atoms with van der Waals surface area (Å²) >= 11 is 1.59. The zero-order valence-corrected chi connectivity index (χ0v) is 13.6. The lowest BCUT2D eigenvalue weighted by Gasteiger charge is -2.36. The highest BCUT2D eigenvalue weighted by Gasteiger charge is 2.31. The van der Waals surface area contributed by atoms with Gasteiger partial charge in [-0.1, -0.05) is 44.9 Å². The van der Waals surface area contributed by atoms with Crippen molar-refractivity contribution in [2.45, 2.75) is 45.6 Å². The van der Waals surface area contributed by atoms with Gasteiger partial charge in [0.15, 0.2) is 0 Å². The Morgan fingerprint density at radius 2 is 2.14 bits per heavy atom. The number of rotatable bonds is 3. The van der Waals surface area contributed by atoms with Crippen LogP contribution in [0, 0.1) is 11.8 Å². The number of hydrogen-bond acceptors (Lipinski definition) is 2. The third-order valence-corrected chi connectivity index (χ3v) is 5.94. The zero-order chi connectivity index (χ0) is 14.8. The van der Waals surface area contributed by atoms with Gasteiger partial charge in [0.1, 0.15) is 0 Å². The Morgan fingerprint density at radius 3 is 2.90 bits per heavy atom. The first-order valence-electron chi connectivity index (χ1n) is 7.98. The van der Waals surface area contributed by atoms with E-state index in [2.05, 4.69) is 31.3 Å². The SMILES string of the molecule is CCC1CCCC(C)C1NC(=O)c1cc2ccccc2s1. The maximum Gasteiger partial charge on any atom is 0.261 e. The molecule has 21 heavy (non-hydrogen) atoms. The van der Waals surface area contributed by atoms with Gasteiger partial charge >= 0.3 is 0 Å². The van der Waals surface area contributed by atoms with E-state index in [1.165, 1.54) is 24.0 Å². The fraction of sp³-hybridized carbons (Fsp3) is 0.500. The average molecular weight is 301 g/mol. The first-order valence-corrected chi connectivity index (χ1v) is 8.80. The highest BCUT2D eigenvalue weighted by molar-refractivity contribution is 7.20. The molecule has 3 unspecified atom stereocenters. The molecule has 3 heteroatoms. The van der Waals surface area contributed by atoms with Gasteiger partial charge in [0, 0.05) is 10.7 Å². The molecule has 1 amide bonds. The monoisotopic (exact) mass is 301 g/mol. The summed E-state index contributed by atoms with van der Waals surface area (Å²) in [4.78, 5) is 13.4. The molecule has 0 bridgehead atoms. The van der Waals surface area contributed by atoms with E-state index in [9.17, 15) is 4.79 Å². The molecule has 1 saturated carbocycles. The number of carbonyl (C=O) groups excluding carboxylic acids is 1. The standard InChI is InChI=1S/C18H23NOS/c1-3-13-9-6-7-12(2)17(13)19-18(20)16-11-14-8-4-5-10-15(14)21-16/h4-5,8,10-13,17H,3,6-7,9H2,1-2H3,(H,19,20). The summed E-state index contributed by atoms with van der Waals surface area (Å²) in [5.74, 6) is 1.32. The van der Waals surface area contributed by atoms with Crippen LogP contribution in [0.5, 0.6) is 0 Å². The number of amides is 1. The minimum absolute atomic E-state index is 0.105. The molecule has 112 valence electrons. The average Bonchev–Trinajstić information content (AvgIpc) is 2.93. The molecular weight excluding hydrogens is 278 g/mol. The fourth-order valence-electron chi connectivity index (χ4n) is 3.56. The predicted octanol–water partition coefficient (Wildman–Crippen LogP) is 4.85. The second-order valence-corrected chi connectivity index (χ2v) is 7.31. The van der Waals surface area contributed by atoms with E-state index in [1.54, 1.807) is 11.3 Å². The van der Waals surface area contributed by atoms with Crippen LogP contribution < -0.4 is 5.32 Å². The lowest BCUT2D eigenvalue weighted by molar-refractivity contribution is 0.0874. The highest BCUT2D eigenvalue weighted by Crippen LogP contribution is 2.32. The Kier molecular flexibility index (Phi) is 4.29.